The van der Waals surface area contributed by atoms with E-state index in [9.17, 15) is 29.7 Å². The molecule has 3 fully saturated rings. The number of carbonyl (C=O) groups excluding carboxylic acids is 3. The molecule has 1 aromatic heterocycles. The Morgan fingerprint density at radius 2 is 1.57 bits per heavy atom. The number of rotatable bonds is 26. The van der Waals surface area contributed by atoms with Crippen molar-refractivity contribution < 1.29 is 53.4 Å². The molecule has 2 saturated carbocycles. The molecule has 15 nitrogen and oxygen atoms in total. The smallest absolute Gasteiger partial charge is 0.246 e. The maximum atomic E-state index is 13.7. The lowest BCUT2D eigenvalue weighted by atomic mass is 9.52. The third-order valence-corrected chi connectivity index (χ3v) is 16.2. The monoisotopic (exact) mass is 977 g/mol. The number of unbranched alkanes of at least 4 members (excludes halogenated alkanes) is 1. The van der Waals surface area contributed by atoms with Gasteiger partial charge in [-0.2, -0.15) is 0 Å². The van der Waals surface area contributed by atoms with E-state index in [0.29, 0.717) is 75.7 Å². The van der Waals surface area contributed by atoms with Crippen LogP contribution in [0.1, 0.15) is 100 Å². The Hall–Kier alpha value is -4.00. The summed E-state index contributed by atoms with van der Waals surface area (Å²) in [4.78, 5) is 46.7. The van der Waals surface area contributed by atoms with Gasteiger partial charge in [0.15, 0.2) is 0 Å². The fraction of sp³-hybridized carbons (Fsp3) is 0.660. The molecule has 5 N–H and O–H groups in total. The molecule has 16 heteroatoms. The third kappa shape index (κ3) is 13.7. The number of fused-ring (bicyclic) bond motifs is 5. The molecule has 0 bridgehead atoms. The molecular weight excluding hydrogens is 901 g/mol. The minimum absolute atomic E-state index is 0.000812. The number of hydrogen-bond acceptors (Lipinski definition) is 13. The van der Waals surface area contributed by atoms with E-state index in [2.05, 4.69) is 28.6 Å². The minimum atomic E-state index is -0.902. The number of nitrogens with one attached hydrogen (secondary N) is 2. The standard InChI is InChI=1S/C53H76N4O11S/c1-34(2)49(52(63)57-31-41(59)29-45(57)51(62)54-30-36-8-10-37(11-9-36)50-35(3)55-33-69-50)56-47(61)32-68-26-25-67-24-23-66-22-21-65-20-19-64-18-6-5-7-38-27-39-28-40(58)12-13-42(39)43-16-17-53(4)44(48(38)43)14-15-46(53)60/h8-13,28,33-34,38,41,43-46,48-49,58-60H,5-7,14-27,29-32H2,1-4H3,(H,54,62)(H,56,61)/t38-,41?,43-,44+,45+,46+,48-,49+,53+/m1/s1. The van der Waals surface area contributed by atoms with Crippen molar-refractivity contribution in [2.45, 2.75) is 122 Å². The van der Waals surface area contributed by atoms with Gasteiger partial charge in [0.05, 0.1) is 81.1 Å². The zero-order valence-electron chi connectivity index (χ0n) is 41.1. The van der Waals surface area contributed by atoms with Crippen LogP contribution in [-0.2, 0) is 51.0 Å². The summed E-state index contributed by atoms with van der Waals surface area (Å²) in [6.07, 6.45) is 7.51. The summed E-state index contributed by atoms with van der Waals surface area (Å²) >= 11 is 1.58. The number of hydrogen-bond donors (Lipinski definition) is 5. The van der Waals surface area contributed by atoms with Gasteiger partial charge in [0.1, 0.15) is 24.4 Å². The van der Waals surface area contributed by atoms with Crippen LogP contribution in [0.25, 0.3) is 10.4 Å². The first kappa shape index (κ1) is 52.8. The molecule has 1 aliphatic heterocycles. The molecule has 380 valence electrons. The summed E-state index contributed by atoms with van der Waals surface area (Å²) in [5, 5.41) is 37.4. The maximum Gasteiger partial charge on any atom is 0.246 e. The van der Waals surface area contributed by atoms with E-state index in [-0.39, 0.29) is 62.7 Å². The zero-order chi connectivity index (χ0) is 48.9. The average Bonchev–Trinajstić information content (AvgIpc) is 4.04. The van der Waals surface area contributed by atoms with Crippen molar-refractivity contribution in [3.05, 3.63) is 70.4 Å². The van der Waals surface area contributed by atoms with Gasteiger partial charge in [0.2, 0.25) is 17.7 Å². The number of amides is 3. The molecule has 1 unspecified atom stereocenters. The van der Waals surface area contributed by atoms with Crippen LogP contribution in [0, 0.1) is 36.0 Å². The molecular formula is C53H76N4O11S. The molecule has 3 aromatic rings. The topological polar surface area (TPSA) is 198 Å². The minimum Gasteiger partial charge on any atom is -0.508 e. The van der Waals surface area contributed by atoms with Crippen molar-refractivity contribution in [1.29, 1.82) is 0 Å². The van der Waals surface area contributed by atoms with Crippen LogP contribution in [0.15, 0.2) is 48.0 Å². The van der Waals surface area contributed by atoms with Gasteiger partial charge in [-0.3, -0.25) is 14.4 Å². The lowest BCUT2D eigenvalue weighted by Gasteiger charge is -2.53. The van der Waals surface area contributed by atoms with E-state index in [4.69, 9.17) is 23.7 Å². The molecule has 4 aliphatic rings. The number of aryl methyl sites for hydroxylation is 1. The van der Waals surface area contributed by atoms with E-state index in [0.717, 1.165) is 73.1 Å². The lowest BCUT2D eigenvalue weighted by molar-refractivity contribution is -0.143. The number of aliphatic hydroxyl groups excluding tert-OH is 2. The summed E-state index contributed by atoms with van der Waals surface area (Å²) in [7, 11) is 0. The summed E-state index contributed by atoms with van der Waals surface area (Å²) in [6.45, 7) is 11.7. The number of phenols is 1. The van der Waals surface area contributed by atoms with Crippen LogP contribution in [0.4, 0.5) is 0 Å². The number of phenolic OH excluding ortho intramolecular Hbond substituents is 1. The van der Waals surface area contributed by atoms with E-state index in [1.165, 1.54) is 16.0 Å². The van der Waals surface area contributed by atoms with E-state index >= 15 is 0 Å². The maximum absolute atomic E-state index is 13.7. The highest BCUT2D eigenvalue weighted by molar-refractivity contribution is 7.13. The first-order valence-electron chi connectivity index (χ1n) is 25.3. The molecule has 2 heterocycles. The Morgan fingerprint density at radius 1 is 0.884 bits per heavy atom. The molecule has 2 aromatic carbocycles. The number of nitrogens with zero attached hydrogens (tertiary/aromatic N) is 2. The average molecular weight is 977 g/mol. The number of carbonyl (C=O) groups is 3. The summed E-state index contributed by atoms with van der Waals surface area (Å²) in [5.41, 5.74) is 7.50. The number of aromatic hydroxyl groups is 1. The van der Waals surface area contributed by atoms with Crippen molar-refractivity contribution in [3.63, 3.8) is 0 Å². The second kappa shape index (κ2) is 25.4. The Morgan fingerprint density at radius 3 is 2.23 bits per heavy atom. The first-order chi connectivity index (χ1) is 33.3. The number of aromatic nitrogens is 1. The van der Waals surface area contributed by atoms with Gasteiger partial charge in [-0.15, -0.1) is 11.3 Å². The molecule has 3 aliphatic carbocycles. The molecule has 69 heavy (non-hydrogen) atoms. The molecule has 0 radical (unpaired) electrons. The number of likely N-dealkylation sites (tertiary alicyclic amines) is 1. The zero-order valence-corrected chi connectivity index (χ0v) is 41.9. The molecule has 0 spiro atoms. The Bertz CT molecular complexity index is 2120. The molecule has 3 amide bonds. The predicted molar refractivity (Wildman–Crippen MR) is 263 cm³/mol. The van der Waals surface area contributed by atoms with Crippen LogP contribution in [0.2, 0.25) is 0 Å². The van der Waals surface area contributed by atoms with Crippen LogP contribution >= 0.6 is 11.3 Å². The van der Waals surface area contributed by atoms with Crippen molar-refractivity contribution in [2.75, 3.05) is 72.6 Å². The van der Waals surface area contributed by atoms with Crippen molar-refractivity contribution in [2.24, 2.45) is 29.1 Å². The Kier molecular flexibility index (Phi) is 19.4. The highest BCUT2D eigenvalue weighted by Gasteiger charge is 2.56. The number of β-amino-alcohol motifs (C(OH)–C–C–N with tert-alkyl or cyclic N) is 1. The fourth-order valence-electron chi connectivity index (χ4n) is 11.6. The van der Waals surface area contributed by atoms with Crippen molar-refractivity contribution in [3.8, 4) is 16.2 Å². The SMILES string of the molecule is Cc1ncsc1-c1ccc(CNC(=O)[C@@H]2CC(O)CN2C(=O)[C@@H](NC(=O)COCCOCCOCCOCCOCCCC[C@@H]2Cc3cc(O)ccc3[C@H]3CC[C@]4(C)[C@@H](O)CC[C@H]4[C@H]23)C(C)C)cc1. The predicted octanol–water partition coefficient (Wildman–Crippen LogP) is 5.94. The number of ether oxygens (including phenoxy) is 5. The van der Waals surface area contributed by atoms with Gasteiger partial charge in [-0.05, 0) is 121 Å². The van der Waals surface area contributed by atoms with Crippen LogP contribution < -0.4 is 10.6 Å². The van der Waals surface area contributed by atoms with Crippen molar-refractivity contribution >= 4 is 29.1 Å². The third-order valence-electron chi connectivity index (χ3n) is 15.2. The Labute approximate surface area is 412 Å². The van der Waals surface area contributed by atoms with Gasteiger partial charge in [-0.1, -0.05) is 57.5 Å². The quantitative estimate of drug-likeness (QED) is 0.0595. The molecule has 9 atom stereocenters. The van der Waals surface area contributed by atoms with Crippen LogP contribution in [-0.4, -0.2) is 140 Å². The van der Waals surface area contributed by atoms with Gasteiger partial charge in [0, 0.05) is 26.1 Å². The lowest BCUT2D eigenvalue weighted by Crippen LogP contribution is -2.55. The van der Waals surface area contributed by atoms with Crippen LogP contribution in [0.5, 0.6) is 5.75 Å². The van der Waals surface area contributed by atoms with E-state index in [1.54, 1.807) is 11.3 Å². The van der Waals surface area contributed by atoms with Gasteiger partial charge >= 0.3 is 0 Å². The number of benzene rings is 2. The van der Waals surface area contributed by atoms with Crippen molar-refractivity contribution in [1.82, 2.24) is 20.5 Å². The number of thiazole rings is 1. The van der Waals surface area contributed by atoms with E-state index in [1.807, 2.05) is 62.7 Å². The van der Waals surface area contributed by atoms with Crippen LogP contribution in [0.3, 0.4) is 0 Å². The number of aliphatic hydroxyl groups is 2. The fourth-order valence-corrected chi connectivity index (χ4v) is 12.4. The largest absolute Gasteiger partial charge is 0.508 e. The first-order valence-corrected chi connectivity index (χ1v) is 26.2. The highest BCUT2D eigenvalue weighted by atomic mass is 32.1. The normalized spacial score (nSPS) is 25.6. The Balaban J connectivity index is 0.689. The van der Waals surface area contributed by atoms with Gasteiger partial charge in [0.25, 0.3) is 0 Å². The summed E-state index contributed by atoms with van der Waals surface area (Å²) < 4.78 is 28.3. The van der Waals surface area contributed by atoms with E-state index < -0.39 is 30.0 Å². The molecule has 1 saturated heterocycles. The van der Waals surface area contributed by atoms with Gasteiger partial charge in [-0.25, -0.2) is 4.98 Å². The second-order valence-corrected chi connectivity index (χ2v) is 21.0. The van der Waals surface area contributed by atoms with Gasteiger partial charge < -0.3 is 54.5 Å². The molecule has 7 rings (SSSR count). The summed E-state index contributed by atoms with van der Waals surface area (Å²) in [6, 6.07) is 12.1. The summed E-state index contributed by atoms with van der Waals surface area (Å²) in [5.74, 6) is 1.04. The highest BCUT2D eigenvalue weighted by Crippen LogP contribution is 2.62. The second-order valence-electron chi connectivity index (χ2n) is 20.1.